The lowest BCUT2D eigenvalue weighted by Crippen LogP contribution is -2.28. The van der Waals surface area contributed by atoms with Crippen LogP contribution in [0.25, 0.3) is 0 Å². The summed E-state index contributed by atoms with van der Waals surface area (Å²) >= 11 is 7.36. The summed E-state index contributed by atoms with van der Waals surface area (Å²) in [7, 11) is 1.30. The Morgan fingerprint density at radius 1 is 1.42 bits per heavy atom. The van der Waals surface area contributed by atoms with Crippen molar-refractivity contribution in [3.8, 4) is 0 Å². The number of aromatic nitrogens is 1. The number of anilines is 2. The van der Waals surface area contributed by atoms with Crippen LogP contribution in [0.5, 0.6) is 0 Å². The van der Waals surface area contributed by atoms with Crippen molar-refractivity contribution >= 4 is 51.5 Å². The average Bonchev–Trinajstić information content (AvgIpc) is 3.22. The number of hydrogen-bond acceptors (Lipinski definition) is 6. The van der Waals surface area contributed by atoms with Crippen LogP contribution in [-0.4, -0.2) is 36.4 Å². The number of nitrogens with one attached hydrogen (secondary N) is 1. The molecule has 2 heterocycles. The molecule has 7 nitrogen and oxygen atoms in total. The zero-order valence-corrected chi connectivity index (χ0v) is 15.5. The van der Waals surface area contributed by atoms with Crippen molar-refractivity contribution < 1.29 is 19.1 Å². The Balaban J connectivity index is 1.63. The molecule has 1 atom stereocenters. The Labute approximate surface area is 158 Å². The second kappa shape index (κ2) is 7.84. The second-order valence-corrected chi connectivity index (χ2v) is 7.01. The van der Waals surface area contributed by atoms with Gasteiger partial charge in [-0.2, -0.15) is 0 Å². The summed E-state index contributed by atoms with van der Waals surface area (Å²) in [5.41, 5.74) is 1.13. The highest BCUT2D eigenvalue weighted by atomic mass is 35.5. The molecule has 136 valence electrons. The predicted octanol–water partition coefficient (Wildman–Crippen LogP) is 2.50. The van der Waals surface area contributed by atoms with Crippen molar-refractivity contribution in [1.29, 1.82) is 0 Å². The quantitative estimate of drug-likeness (QED) is 0.788. The maximum atomic E-state index is 12.5. The zero-order chi connectivity index (χ0) is 18.7. The molecular formula is C17H16ClN3O4S. The molecule has 0 unspecified atom stereocenters. The summed E-state index contributed by atoms with van der Waals surface area (Å²) in [6.07, 6.45) is 0.155. The molecule has 26 heavy (non-hydrogen) atoms. The summed E-state index contributed by atoms with van der Waals surface area (Å²) in [6.45, 7) is 0.259. The van der Waals surface area contributed by atoms with Gasteiger partial charge in [0.1, 0.15) is 0 Å². The van der Waals surface area contributed by atoms with Crippen LogP contribution in [-0.2, 0) is 25.5 Å². The number of esters is 1. The minimum absolute atomic E-state index is 0.0467. The summed E-state index contributed by atoms with van der Waals surface area (Å²) in [5, 5.41) is 5.24. The largest absolute Gasteiger partial charge is 0.469 e. The molecule has 1 aliphatic rings. The van der Waals surface area contributed by atoms with Crippen LogP contribution in [0, 0.1) is 5.92 Å². The molecule has 0 saturated carbocycles. The van der Waals surface area contributed by atoms with E-state index in [2.05, 4.69) is 15.0 Å². The Kier molecular flexibility index (Phi) is 5.53. The van der Waals surface area contributed by atoms with E-state index in [1.165, 1.54) is 23.3 Å². The average molecular weight is 394 g/mol. The number of hydrogen-bond donors (Lipinski definition) is 1. The minimum atomic E-state index is -0.494. The molecule has 2 amide bonds. The fraction of sp³-hybridized carbons (Fsp3) is 0.294. The van der Waals surface area contributed by atoms with E-state index in [-0.39, 0.29) is 31.2 Å². The van der Waals surface area contributed by atoms with Gasteiger partial charge in [0, 0.05) is 18.3 Å². The van der Waals surface area contributed by atoms with Crippen LogP contribution in [0.15, 0.2) is 29.6 Å². The van der Waals surface area contributed by atoms with Crippen molar-refractivity contribution in [3.05, 3.63) is 40.4 Å². The maximum absolute atomic E-state index is 12.5. The summed E-state index contributed by atoms with van der Waals surface area (Å²) in [6, 6.07) is 7.03. The van der Waals surface area contributed by atoms with Gasteiger partial charge in [0.25, 0.3) is 0 Å². The highest BCUT2D eigenvalue weighted by Crippen LogP contribution is 2.31. The Bertz CT molecular complexity index is 854. The van der Waals surface area contributed by atoms with Gasteiger partial charge in [-0.3, -0.25) is 14.4 Å². The van der Waals surface area contributed by atoms with E-state index in [0.29, 0.717) is 21.5 Å². The van der Waals surface area contributed by atoms with Gasteiger partial charge in [-0.25, -0.2) is 4.98 Å². The number of halogens is 1. The molecule has 0 spiro atoms. The second-order valence-electron chi connectivity index (χ2n) is 5.74. The van der Waals surface area contributed by atoms with E-state index in [9.17, 15) is 14.4 Å². The lowest BCUT2D eigenvalue weighted by Gasteiger charge is -2.17. The third-order valence-electron chi connectivity index (χ3n) is 3.97. The third kappa shape index (κ3) is 4.03. The van der Waals surface area contributed by atoms with Gasteiger partial charge in [0.05, 0.1) is 35.9 Å². The van der Waals surface area contributed by atoms with Crippen LogP contribution < -0.4 is 10.2 Å². The van der Waals surface area contributed by atoms with Crippen molar-refractivity contribution in [2.45, 2.75) is 12.8 Å². The number of carbonyl (C=O) groups excluding carboxylic acids is 3. The van der Waals surface area contributed by atoms with Crippen molar-refractivity contribution in [2.75, 3.05) is 23.9 Å². The van der Waals surface area contributed by atoms with Crippen LogP contribution in [0.3, 0.4) is 0 Å². The van der Waals surface area contributed by atoms with E-state index >= 15 is 0 Å². The molecule has 1 N–H and O–H groups in total. The first-order chi connectivity index (χ1) is 12.5. The number of rotatable bonds is 5. The predicted molar refractivity (Wildman–Crippen MR) is 98.4 cm³/mol. The Morgan fingerprint density at radius 2 is 2.19 bits per heavy atom. The molecule has 1 saturated heterocycles. The van der Waals surface area contributed by atoms with Gasteiger partial charge in [-0.1, -0.05) is 23.7 Å². The van der Waals surface area contributed by atoms with Crippen LogP contribution in [0.4, 0.5) is 10.8 Å². The van der Waals surface area contributed by atoms with Crippen molar-refractivity contribution in [2.24, 2.45) is 5.92 Å². The molecule has 1 aliphatic heterocycles. The van der Waals surface area contributed by atoms with Crippen molar-refractivity contribution in [3.63, 3.8) is 0 Å². The maximum Gasteiger partial charge on any atom is 0.311 e. The summed E-state index contributed by atoms with van der Waals surface area (Å²) in [5.74, 6) is -1.33. The Morgan fingerprint density at radius 3 is 2.92 bits per heavy atom. The number of thiazole rings is 1. The fourth-order valence-electron chi connectivity index (χ4n) is 2.66. The molecule has 0 aliphatic carbocycles. The lowest BCUT2D eigenvalue weighted by molar-refractivity contribution is -0.139. The third-order valence-corrected chi connectivity index (χ3v) is 5.10. The van der Waals surface area contributed by atoms with E-state index in [1.807, 2.05) is 0 Å². The minimum Gasteiger partial charge on any atom is -0.469 e. The standard InChI is InChI=1S/C17H16ClN3O4S/c1-25-15(23)7-11-9-26-17(19-11)20-16(24)10-6-14(22)21(8-10)13-5-3-2-4-12(13)18/h2-5,9-10H,6-8H2,1H3,(H,19,20,24)/t10-/m1/s1. The van der Waals surface area contributed by atoms with E-state index in [4.69, 9.17) is 11.6 Å². The molecule has 0 bridgehead atoms. The number of amides is 2. The van der Waals surface area contributed by atoms with Gasteiger partial charge in [-0.15, -0.1) is 11.3 Å². The Hall–Kier alpha value is -2.45. The zero-order valence-electron chi connectivity index (χ0n) is 13.9. The van der Waals surface area contributed by atoms with E-state index in [1.54, 1.807) is 29.6 Å². The van der Waals surface area contributed by atoms with Crippen LogP contribution in [0.2, 0.25) is 5.02 Å². The number of nitrogens with zero attached hydrogens (tertiary/aromatic N) is 2. The molecule has 9 heteroatoms. The van der Waals surface area contributed by atoms with Crippen LogP contribution >= 0.6 is 22.9 Å². The number of methoxy groups -OCH3 is 1. The molecule has 0 radical (unpaired) electrons. The fourth-order valence-corrected chi connectivity index (χ4v) is 3.61. The van der Waals surface area contributed by atoms with E-state index < -0.39 is 11.9 Å². The van der Waals surface area contributed by atoms with Gasteiger partial charge in [0.2, 0.25) is 11.8 Å². The van der Waals surface area contributed by atoms with Crippen LogP contribution in [0.1, 0.15) is 12.1 Å². The number of benzene rings is 1. The monoisotopic (exact) mass is 393 g/mol. The van der Waals surface area contributed by atoms with Gasteiger partial charge in [-0.05, 0) is 12.1 Å². The normalized spacial score (nSPS) is 16.6. The number of carbonyl (C=O) groups is 3. The molecule has 1 aromatic heterocycles. The number of ether oxygens (including phenoxy) is 1. The summed E-state index contributed by atoms with van der Waals surface area (Å²) in [4.78, 5) is 41.7. The lowest BCUT2D eigenvalue weighted by atomic mass is 10.1. The molecule has 2 aromatic rings. The molecule has 3 rings (SSSR count). The highest BCUT2D eigenvalue weighted by Gasteiger charge is 2.36. The molecule has 1 fully saturated rings. The molecule has 1 aromatic carbocycles. The van der Waals surface area contributed by atoms with Crippen molar-refractivity contribution in [1.82, 2.24) is 4.98 Å². The smallest absolute Gasteiger partial charge is 0.311 e. The number of para-hydroxylation sites is 1. The highest BCUT2D eigenvalue weighted by molar-refractivity contribution is 7.13. The van der Waals surface area contributed by atoms with E-state index in [0.717, 1.165) is 0 Å². The molecular weight excluding hydrogens is 378 g/mol. The van der Waals surface area contributed by atoms with Gasteiger partial charge in [0.15, 0.2) is 5.13 Å². The first-order valence-electron chi connectivity index (χ1n) is 7.85. The van der Waals surface area contributed by atoms with Gasteiger partial charge < -0.3 is 15.0 Å². The van der Waals surface area contributed by atoms with Gasteiger partial charge >= 0.3 is 5.97 Å². The first kappa shape index (κ1) is 18.3. The summed E-state index contributed by atoms with van der Waals surface area (Å²) < 4.78 is 4.59. The first-order valence-corrected chi connectivity index (χ1v) is 9.10. The SMILES string of the molecule is COC(=O)Cc1csc(NC(=O)[C@@H]2CC(=O)N(c3ccccc3Cl)C2)n1. The topological polar surface area (TPSA) is 88.6 Å².